The van der Waals surface area contributed by atoms with Crippen LogP contribution in [0.25, 0.3) is 0 Å². The number of carbonyl (C=O) groups is 2. The van der Waals surface area contributed by atoms with Crippen molar-refractivity contribution >= 4 is 12.0 Å². The van der Waals surface area contributed by atoms with Crippen LogP contribution in [0, 0.1) is 0 Å². The van der Waals surface area contributed by atoms with Gasteiger partial charge in [0.25, 0.3) is 0 Å². The Morgan fingerprint density at radius 2 is 2.12 bits per heavy atom. The molecule has 1 aliphatic rings. The van der Waals surface area contributed by atoms with E-state index >= 15 is 0 Å². The minimum Gasteiger partial charge on any atom is -0.447 e. The van der Waals surface area contributed by atoms with Gasteiger partial charge < -0.3 is 4.74 Å². The molecule has 1 unspecified atom stereocenters. The predicted octanol–water partition coefficient (Wildman–Crippen LogP) is 1.60. The van der Waals surface area contributed by atoms with Crippen molar-refractivity contribution in [3.8, 4) is 0 Å². The molecule has 1 saturated heterocycles. The van der Waals surface area contributed by atoms with Gasteiger partial charge in [0.15, 0.2) is 0 Å². The number of carbonyl (C=O) groups excluding carboxylic acids is 2. The summed E-state index contributed by atoms with van der Waals surface area (Å²) >= 11 is 0. The summed E-state index contributed by atoms with van der Waals surface area (Å²) in [5.74, 6) is -0.261. The zero-order chi connectivity index (χ0) is 11.5. The van der Waals surface area contributed by atoms with Gasteiger partial charge in [-0.25, -0.2) is 9.69 Å². The Morgan fingerprint density at radius 3 is 2.75 bits per heavy atom. The maximum atomic E-state index is 11.3. The summed E-state index contributed by atoms with van der Waals surface area (Å²) in [6.45, 7) is 1.66. The van der Waals surface area contributed by atoms with Gasteiger partial charge in [-0.2, -0.15) is 0 Å². The number of hydrogen-bond donors (Lipinski definition) is 0. The molecular formula is C12H13NO3. The molecule has 2 rings (SSSR count). The second-order valence-electron chi connectivity index (χ2n) is 3.81. The van der Waals surface area contributed by atoms with Gasteiger partial charge in [0.1, 0.15) is 6.61 Å². The first kappa shape index (κ1) is 10.7. The van der Waals surface area contributed by atoms with Crippen molar-refractivity contribution in [3.05, 3.63) is 35.9 Å². The molecular weight excluding hydrogens is 206 g/mol. The predicted molar refractivity (Wildman–Crippen MR) is 57.8 cm³/mol. The summed E-state index contributed by atoms with van der Waals surface area (Å²) in [7, 11) is 0. The zero-order valence-electron chi connectivity index (χ0n) is 9.05. The van der Waals surface area contributed by atoms with E-state index in [0.29, 0.717) is 6.42 Å². The molecule has 0 N–H and O–H groups in total. The normalized spacial score (nSPS) is 19.7. The first-order valence-electron chi connectivity index (χ1n) is 5.19. The fourth-order valence-electron chi connectivity index (χ4n) is 1.88. The quantitative estimate of drug-likeness (QED) is 0.759. The zero-order valence-corrected chi connectivity index (χ0v) is 9.05. The van der Waals surface area contributed by atoms with Gasteiger partial charge in [-0.1, -0.05) is 30.3 Å². The average molecular weight is 219 g/mol. The van der Waals surface area contributed by atoms with Crippen molar-refractivity contribution in [1.29, 1.82) is 0 Å². The highest BCUT2D eigenvalue weighted by atomic mass is 16.6. The molecule has 0 bridgehead atoms. The van der Waals surface area contributed by atoms with Gasteiger partial charge in [-0.05, 0) is 12.0 Å². The van der Waals surface area contributed by atoms with E-state index in [1.54, 1.807) is 0 Å². The number of ether oxygens (including phenoxy) is 1. The number of cyclic esters (lactones) is 1. The average Bonchev–Trinajstić information content (AvgIpc) is 2.61. The second kappa shape index (κ2) is 4.35. The Morgan fingerprint density at radius 1 is 1.44 bits per heavy atom. The van der Waals surface area contributed by atoms with Crippen LogP contribution in [0.1, 0.15) is 12.5 Å². The number of imide groups is 1. The van der Waals surface area contributed by atoms with Crippen molar-refractivity contribution in [3.63, 3.8) is 0 Å². The van der Waals surface area contributed by atoms with E-state index < -0.39 is 6.09 Å². The Labute approximate surface area is 93.8 Å². The van der Waals surface area contributed by atoms with E-state index in [1.165, 1.54) is 11.8 Å². The molecule has 16 heavy (non-hydrogen) atoms. The second-order valence-corrected chi connectivity index (χ2v) is 3.81. The number of amides is 2. The van der Waals surface area contributed by atoms with Crippen LogP contribution in [0.4, 0.5) is 4.79 Å². The molecule has 0 aliphatic carbocycles. The summed E-state index contributed by atoms with van der Waals surface area (Å²) in [6.07, 6.45) is 0.111. The number of rotatable bonds is 2. The van der Waals surface area contributed by atoms with Crippen LogP contribution in [0.2, 0.25) is 0 Å². The van der Waals surface area contributed by atoms with Crippen LogP contribution in [0.3, 0.4) is 0 Å². The summed E-state index contributed by atoms with van der Waals surface area (Å²) < 4.78 is 4.88. The Hall–Kier alpha value is -1.84. The SMILES string of the molecule is CC(=O)N1C(=O)OCC1Cc1ccccc1. The molecule has 4 nitrogen and oxygen atoms in total. The van der Waals surface area contributed by atoms with Crippen LogP contribution in [-0.4, -0.2) is 29.5 Å². The highest BCUT2D eigenvalue weighted by molar-refractivity contribution is 5.92. The number of benzene rings is 1. The number of hydrogen-bond acceptors (Lipinski definition) is 3. The lowest BCUT2D eigenvalue weighted by molar-refractivity contribution is -0.126. The minimum atomic E-state index is -0.534. The van der Waals surface area contributed by atoms with Gasteiger partial charge in [-0.3, -0.25) is 4.79 Å². The molecule has 1 aromatic carbocycles. The molecule has 4 heteroatoms. The lowest BCUT2D eigenvalue weighted by Gasteiger charge is -2.17. The van der Waals surface area contributed by atoms with E-state index in [4.69, 9.17) is 4.74 Å². The third-order valence-electron chi connectivity index (χ3n) is 2.61. The Kier molecular flexibility index (Phi) is 2.90. The molecule has 0 spiro atoms. The fourth-order valence-corrected chi connectivity index (χ4v) is 1.88. The van der Waals surface area contributed by atoms with Gasteiger partial charge >= 0.3 is 6.09 Å². The lowest BCUT2D eigenvalue weighted by atomic mass is 10.1. The fraction of sp³-hybridized carbons (Fsp3) is 0.333. The third-order valence-corrected chi connectivity index (χ3v) is 2.61. The molecule has 0 saturated carbocycles. The minimum absolute atomic E-state index is 0.174. The first-order valence-corrected chi connectivity index (χ1v) is 5.19. The molecule has 0 aromatic heterocycles. The van der Waals surface area contributed by atoms with Crippen molar-refractivity contribution in [2.45, 2.75) is 19.4 Å². The molecule has 1 aromatic rings. The highest BCUT2D eigenvalue weighted by Crippen LogP contribution is 2.17. The summed E-state index contributed by atoms with van der Waals surface area (Å²) in [5.41, 5.74) is 1.09. The first-order chi connectivity index (χ1) is 7.68. The van der Waals surface area contributed by atoms with Gasteiger partial charge in [0, 0.05) is 6.92 Å². The summed E-state index contributed by atoms with van der Waals surface area (Å²) in [5, 5.41) is 0. The Balaban J connectivity index is 2.10. The molecule has 0 radical (unpaired) electrons. The molecule has 1 heterocycles. The molecule has 1 aliphatic heterocycles. The van der Waals surface area contributed by atoms with Gasteiger partial charge in [0.05, 0.1) is 6.04 Å². The molecule has 2 amide bonds. The van der Waals surface area contributed by atoms with Crippen molar-refractivity contribution < 1.29 is 14.3 Å². The summed E-state index contributed by atoms with van der Waals surface area (Å²) in [4.78, 5) is 23.8. The summed E-state index contributed by atoms with van der Waals surface area (Å²) in [6, 6.07) is 9.58. The number of nitrogens with zero attached hydrogens (tertiary/aromatic N) is 1. The van der Waals surface area contributed by atoms with Crippen molar-refractivity contribution in [2.24, 2.45) is 0 Å². The van der Waals surface area contributed by atoms with E-state index in [0.717, 1.165) is 5.56 Å². The van der Waals surface area contributed by atoms with E-state index in [2.05, 4.69) is 0 Å². The molecule has 1 fully saturated rings. The standard InChI is InChI=1S/C12H13NO3/c1-9(14)13-11(8-16-12(13)15)7-10-5-3-2-4-6-10/h2-6,11H,7-8H2,1H3. The smallest absolute Gasteiger partial charge is 0.416 e. The van der Waals surface area contributed by atoms with E-state index in [9.17, 15) is 9.59 Å². The topological polar surface area (TPSA) is 46.6 Å². The monoisotopic (exact) mass is 219 g/mol. The van der Waals surface area contributed by atoms with E-state index in [-0.39, 0.29) is 18.6 Å². The lowest BCUT2D eigenvalue weighted by Crippen LogP contribution is -2.38. The van der Waals surface area contributed by atoms with Crippen molar-refractivity contribution in [2.75, 3.05) is 6.61 Å². The van der Waals surface area contributed by atoms with Gasteiger partial charge in [-0.15, -0.1) is 0 Å². The molecule has 84 valence electrons. The van der Waals surface area contributed by atoms with Crippen LogP contribution in [0.15, 0.2) is 30.3 Å². The maximum absolute atomic E-state index is 11.3. The van der Waals surface area contributed by atoms with Gasteiger partial charge in [0.2, 0.25) is 5.91 Å². The Bertz CT molecular complexity index is 402. The van der Waals surface area contributed by atoms with Crippen LogP contribution >= 0.6 is 0 Å². The maximum Gasteiger partial charge on any atom is 0.416 e. The van der Waals surface area contributed by atoms with E-state index in [1.807, 2.05) is 30.3 Å². The third kappa shape index (κ3) is 2.05. The van der Waals surface area contributed by atoms with Crippen molar-refractivity contribution in [1.82, 2.24) is 4.90 Å². The van der Waals surface area contributed by atoms with Crippen LogP contribution in [-0.2, 0) is 16.0 Å². The molecule has 1 atom stereocenters. The van der Waals surface area contributed by atoms with Crippen LogP contribution in [0.5, 0.6) is 0 Å². The largest absolute Gasteiger partial charge is 0.447 e. The van der Waals surface area contributed by atoms with Crippen LogP contribution < -0.4 is 0 Å². The highest BCUT2D eigenvalue weighted by Gasteiger charge is 2.35.